The van der Waals surface area contributed by atoms with Gasteiger partial charge >= 0.3 is 12.5 Å². The van der Waals surface area contributed by atoms with Crippen molar-refractivity contribution in [2.24, 2.45) is 16.8 Å². The van der Waals surface area contributed by atoms with Crippen LogP contribution in [0.4, 0.5) is 13.2 Å². The Labute approximate surface area is 230 Å². The normalized spacial score (nSPS) is 24.6. The number of nitrogens with zero attached hydrogens (tertiary/aromatic N) is 5. The molecule has 0 amide bonds. The van der Waals surface area contributed by atoms with Gasteiger partial charge in [0, 0.05) is 58.6 Å². The summed E-state index contributed by atoms with van der Waals surface area (Å²) in [7, 11) is 0. The van der Waals surface area contributed by atoms with E-state index in [1.807, 2.05) is 10.3 Å². The first-order valence-corrected chi connectivity index (χ1v) is 13.8. The molecule has 13 heteroatoms. The minimum atomic E-state index is -2.80. The molecule has 0 unspecified atom stereocenters. The molecular formula is C26H24ClF3N6O2S. The monoisotopic (exact) mass is 576 g/mol. The number of amidine groups is 1. The first-order valence-electron chi connectivity index (χ1n) is 12.5. The number of rotatable bonds is 8. The summed E-state index contributed by atoms with van der Waals surface area (Å²) in [5.74, 6) is -0.612. The van der Waals surface area contributed by atoms with Crippen LogP contribution in [0, 0.1) is 17.7 Å². The number of carboxylic acid groups (broad SMARTS) is 1. The van der Waals surface area contributed by atoms with Crippen LogP contribution in [0.5, 0.6) is 0 Å². The number of hydrogen-bond acceptors (Lipinski definition) is 7. The molecule has 0 radical (unpaired) electrons. The summed E-state index contributed by atoms with van der Waals surface area (Å²) < 4.78 is 41.5. The molecule has 2 atom stereocenters. The molecule has 3 aromatic rings. The molecule has 2 aromatic heterocycles. The van der Waals surface area contributed by atoms with Gasteiger partial charge in [0.25, 0.3) is 0 Å². The molecule has 3 aliphatic rings. The zero-order chi connectivity index (χ0) is 27.3. The maximum absolute atomic E-state index is 14.0. The zero-order valence-corrected chi connectivity index (χ0v) is 22.0. The van der Waals surface area contributed by atoms with Crippen LogP contribution < -0.4 is 5.32 Å². The summed E-state index contributed by atoms with van der Waals surface area (Å²) in [4.78, 5) is 22.7. The lowest BCUT2D eigenvalue weighted by Crippen LogP contribution is -2.42. The summed E-state index contributed by atoms with van der Waals surface area (Å²) in [6.07, 6.45) is 4.77. The molecule has 6 rings (SSSR count). The highest BCUT2D eigenvalue weighted by atomic mass is 35.5. The van der Waals surface area contributed by atoms with Gasteiger partial charge in [0.15, 0.2) is 10.8 Å². The summed E-state index contributed by atoms with van der Waals surface area (Å²) in [6.45, 7) is -1.56. The summed E-state index contributed by atoms with van der Waals surface area (Å²) in [5.41, 5.74) is 2.36. The second-order valence-electron chi connectivity index (χ2n) is 9.97. The largest absolute Gasteiger partial charge is 0.481 e. The summed E-state index contributed by atoms with van der Waals surface area (Å²) in [5, 5.41) is 19.6. The molecule has 0 spiro atoms. The van der Waals surface area contributed by atoms with Crippen molar-refractivity contribution in [3.05, 3.63) is 74.8 Å². The Morgan fingerprint density at radius 1 is 1.28 bits per heavy atom. The number of fused-ring (bicyclic) bond motifs is 1. The lowest BCUT2D eigenvalue weighted by molar-refractivity contribution is -0.146. The van der Waals surface area contributed by atoms with Crippen molar-refractivity contribution in [2.75, 3.05) is 13.1 Å². The van der Waals surface area contributed by atoms with Gasteiger partial charge in [-0.1, -0.05) is 17.7 Å². The second-order valence-corrected chi connectivity index (χ2v) is 11.3. The van der Waals surface area contributed by atoms with E-state index in [1.54, 1.807) is 12.3 Å². The Balaban J connectivity index is 1.39. The minimum Gasteiger partial charge on any atom is -0.481 e. The quantitative estimate of drug-likeness (QED) is 0.382. The SMILES string of the molecule is O=C(O)[C@H]1C[C@H](CN[C@H]2CC3=C(c4ccn(C(F)F)n4)[C@H](c4ccc(F)cc4Cl)N=C(c4nccs4)N3C2)C1. The minimum absolute atomic E-state index is 0.00339. The molecule has 204 valence electrons. The van der Waals surface area contributed by atoms with E-state index in [1.165, 1.54) is 35.7 Å². The number of halogens is 4. The molecule has 39 heavy (non-hydrogen) atoms. The predicted molar refractivity (Wildman–Crippen MR) is 140 cm³/mol. The molecule has 1 saturated carbocycles. The van der Waals surface area contributed by atoms with E-state index in [0.717, 1.165) is 5.70 Å². The number of aromatic nitrogens is 3. The van der Waals surface area contributed by atoms with E-state index < -0.39 is 24.4 Å². The lowest BCUT2D eigenvalue weighted by Gasteiger charge is -2.33. The highest BCUT2D eigenvalue weighted by molar-refractivity contribution is 7.11. The number of thiazole rings is 1. The summed E-state index contributed by atoms with van der Waals surface area (Å²) in [6, 6.07) is 4.89. The average Bonchev–Trinajstić information content (AvgIpc) is 3.62. The molecule has 2 fully saturated rings. The fourth-order valence-corrected chi connectivity index (χ4v) is 6.44. The van der Waals surface area contributed by atoms with Crippen molar-refractivity contribution in [2.45, 2.75) is 37.9 Å². The molecule has 1 aliphatic carbocycles. The van der Waals surface area contributed by atoms with Crippen LogP contribution in [0.25, 0.3) is 5.57 Å². The number of carbonyl (C=O) groups is 1. The lowest BCUT2D eigenvalue weighted by atomic mass is 9.75. The highest BCUT2D eigenvalue weighted by Gasteiger charge is 2.42. The van der Waals surface area contributed by atoms with Crippen LogP contribution in [0.2, 0.25) is 5.02 Å². The third-order valence-corrected chi connectivity index (χ3v) is 8.60. The maximum Gasteiger partial charge on any atom is 0.333 e. The van der Waals surface area contributed by atoms with E-state index in [2.05, 4.69) is 15.4 Å². The van der Waals surface area contributed by atoms with Crippen molar-refractivity contribution >= 4 is 40.3 Å². The van der Waals surface area contributed by atoms with Crippen LogP contribution in [0.3, 0.4) is 0 Å². The van der Waals surface area contributed by atoms with Gasteiger partial charge in [-0.15, -0.1) is 11.3 Å². The number of alkyl halides is 2. The number of aliphatic carboxylic acids is 1. The van der Waals surface area contributed by atoms with Gasteiger partial charge < -0.3 is 15.3 Å². The van der Waals surface area contributed by atoms with Gasteiger partial charge in [0.1, 0.15) is 11.9 Å². The molecule has 1 saturated heterocycles. The first kappa shape index (κ1) is 26.0. The second kappa shape index (κ2) is 10.4. The van der Waals surface area contributed by atoms with Gasteiger partial charge in [-0.05, 0) is 43.5 Å². The van der Waals surface area contributed by atoms with Crippen LogP contribution in [-0.4, -0.2) is 55.7 Å². The smallest absolute Gasteiger partial charge is 0.333 e. The third kappa shape index (κ3) is 4.96. The Kier molecular flexibility index (Phi) is 6.94. The Hall–Kier alpha value is -3.22. The standard InChI is InChI=1S/C26H24ClF3N6O2S/c27-18-9-15(28)1-2-17(18)22-21(19-3-5-36(34-19)26(29)30)20-10-16(32-11-13-7-14(8-13)25(37)38)12-35(20)23(33-22)24-31-4-6-39-24/h1-6,9,13-14,16,22,26,32H,7-8,10-12H2,(H,37,38)/t13-,14-,16-,22-/m0/s1. The van der Waals surface area contributed by atoms with Crippen molar-refractivity contribution in [1.82, 2.24) is 25.0 Å². The van der Waals surface area contributed by atoms with Crippen LogP contribution in [-0.2, 0) is 4.79 Å². The maximum atomic E-state index is 14.0. The van der Waals surface area contributed by atoms with Gasteiger partial charge in [0.2, 0.25) is 0 Å². The number of aliphatic imine (C=N–C) groups is 1. The molecular weight excluding hydrogens is 553 g/mol. The number of nitrogens with one attached hydrogen (secondary N) is 1. The number of hydrogen-bond donors (Lipinski definition) is 2. The van der Waals surface area contributed by atoms with Crippen LogP contribution in [0.15, 0.2) is 52.7 Å². The van der Waals surface area contributed by atoms with E-state index >= 15 is 0 Å². The van der Waals surface area contributed by atoms with E-state index in [4.69, 9.17) is 16.6 Å². The van der Waals surface area contributed by atoms with Crippen LogP contribution in [0.1, 0.15) is 48.1 Å². The topological polar surface area (TPSA) is 95.6 Å². The fraction of sp³-hybridized carbons (Fsp3) is 0.385. The molecule has 1 aromatic carbocycles. The molecule has 0 bridgehead atoms. The first-order chi connectivity index (χ1) is 18.8. The van der Waals surface area contributed by atoms with Gasteiger partial charge in [0.05, 0.1) is 11.6 Å². The number of benzene rings is 1. The van der Waals surface area contributed by atoms with Crippen molar-refractivity contribution in [3.63, 3.8) is 0 Å². The van der Waals surface area contributed by atoms with E-state index in [0.29, 0.717) is 64.7 Å². The zero-order valence-electron chi connectivity index (χ0n) is 20.5. The van der Waals surface area contributed by atoms with Crippen molar-refractivity contribution in [1.29, 1.82) is 0 Å². The van der Waals surface area contributed by atoms with E-state index in [9.17, 15) is 23.1 Å². The van der Waals surface area contributed by atoms with Gasteiger partial charge in [-0.3, -0.25) is 9.79 Å². The Morgan fingerprint density at radius 2 is 2.10 bits per heavy atom. The molecule has 4 heterocycles. The third-order valence-electron chi connectivity index (χ3n) is 7.51. The number of carboxylic acids is 1. The van der Waals surface area contributed by atoms with E-state index in [-0.39, 0.29) is 22.9 Å². The van der Waals surface area contributed by atoms with Gasteiger partial charge in [-0.25, -0.2) is 14.1 Å². The molecule has 2 N–H and O–H groups in total. The molecule has 2 aliphatic heterocycles. The Morgan fingerprint density at radius 3 is 2.77 bits per heavy atom. The average molecular weight is 577 g/mol. The van der Waals surface area contributed by atoms with Crippen molar-refractivity contribution < 1.29 is 23.1 Å². The van der Waals surface area contributed by atoms with Crippen molar-refractivity contribution in [3.8, 4) is 0 Å². The Bertz CT molecular complexity index is 1450. The highest BCUT2D eigenvalue weighted by Crippen LogP contribution is 2.46. The van der Waals surface area contributed by atoms with Gasteiger partial charge in [-0.2, -0.15) is 13.9 Å². The summed E-state index contributed by atoms with van der Waals surface area (Å²) >= 11 is 7.93. The predicted octanol–water partition coefficient (Wildman–Crippen LogP) is 5.21. The molecule has 8 nitrogen and oxygen atoms in total. The van der Waals surface area contributed by atoms with Crippen LogP contribution >= 0.6 is 22.9 Å². The fourth-order valence-electron chi connectivity index (χ4n) is 5.53.